The third kappa shape index (κ3) is 2.28. The quantitative estimate of drug-likeness (QED) is 0.745. The van der Waals surface area contributed by atoms with Gasteiger partial charge in [-0.1, -0.05) is 18.2 Å². The second-order valence-corrected chi connectivity index (χ2v) is 3.24. The Hall–Kier alpha value is -2.30. The van der Waals surface area contributed by atoms with Gasteiger partial charge in [0, 0.05) is 5.39 Å². The Labute approximate surface area is 97.9 Å². The van der Waals surface area contributed by atoms with Gasteiger partial charge in [0.05, 0.1) is 19.7 Å². The highest BCUT2D eigenvalue weighted by Gasteiger charge is 2.13. The van der Waals surface area contributed by atoms with E-state index < -0.39 is 6.16 Å². The molecule has 1 aromatic carbocycles. The fraction of sp³-hybridized carbons (Fsp3) is 0.167. The predicted octanol–water partition coefficient (Wildman–Crippen LogP) is 2.39. The number of hydrogen-bond acceptors (Lipinski definition) is 5. The number of ether oxygens (including phenoxy) is 3. The Bertz CT molecular complexity index is 553. The van der Waals surface area contributed by atoms with E-state index in [1.165, 1.54) is 14.2 Å². The molecule has 5 heteroatoms. The van der Waals surface area contributed by atoms with Crippen molar-refractivity contribution < 1.29 is 19.0 Å². The molecular weight excluding hydrogens is 222 g/mol. The molecule has 0 aliphatic carbocycles. The van der Waals surface area contributed by atoms with Crippen LogP contribution in [0.25, 0.3) is 10.9 Å². The molecule has 0 saturated carbocycles. The lowest BCUT2D eigenvalue weighted by molar-refractivity contribution is 0.118. The maximum absolute atomic E-state index is 11.0. The van der Waals surface area contributed by atoms with Crippen molar-refractivity contribution in [1.29, 1.82) is 0 Å². The van der Waals surface area contributed by atoms with E-state index in [2.05, 4.69) is 9.72 Å². The first kappa shape index (κ1) is 11.2. The number of rotatable bonds is 2. The minimum atomic E-state index is -0.828. The summed E-state index contributed by atoms with van der Waals surface area (Å²) in [5.74, 6) is 0.479. The molecule has 0 fully saturated rings. The summed E-state index contributed by atoms with van der Waals surface area (Å²) < 4.78 is 14.4. The van der Waals surface area contributed by atoms with Crippen molar-refractivity contribution in [3.8, 4) is 11.6 Å². The highest BCUT2D eigenvalue weighted by Crippen LogP contribution is 2.28. The fourth-order valence-corrected chi connectivity index (χ4v) is 1.42. The van der Waals surface area contributed by atoms with E-state index in [1.807, 2.05) is 24.3 Å². The van der Waals surface area contributed by atoms with E-state index in [-0.39, 0.29) is 5.88 Å². The summed E-state index contributed by atoms with van der Waals surface area (Å²) in [6, 6.07) is 9.21. The van der Waals surface area contributed by atoms with Gasteiger partial charge in [-0.25, -0.2) is 9.78 Å². The second-order valence-electron chi connectivity index (χ2n) is 3.24. The van der Waals surface area contributed by atoms with Crippen LogP contribution >= 0.6 is 0 Å². The maximum atomic E-state index is 11.0. The zero-order valence-corrected chi connectivity index (χ0v) is 9.47. The molecule has 2 aromatic rings. The maximum Gasteiger partial charge on any atom is 0.515 e. The zero-order valence-electron chi connectivity index (χ0n) is 9.47. The number of aromatic nitrogens is 1. The van der Waals surface area contributed by atoms with Crippen LogP contribution in [-0.2, 0) is 4.74 Å². The van der Waals surface area contributed by atoms with Crippen LogP contribution in [-0.4, -0.2) is 25.4 Å². The van der Waals surface area contributed by atoms with E-state index in [4.69, 9.17) is 9.47 Å². The highest BCUT2D eigenvalue weighted by molar-refractivity contribution is 5.81. The number of hydrogen-bond donors (Lipinski definition) is 0. The van der Waals surface area contributed by atoms with Gasteiger partial charge in [-0.2, -0.15) is 0 Å². The summed E-state index contributed by atoms with van der Waals surface area (Å²) in [7, 11) is 2.71. The number of benzene rings is 1. The SMILES string of the molecule is COC(=O)Oc1nc2ccccc2cc1OC. The van der Waals surface area contributed by atoms with Crippen LogP contribution in [0.2, 0.25) is 0 Å². The average Bonchev–Trinajstić information content (AvgIpc) is 2.37. The number of carbonyl (C=O) groups is 1. The van der Waals surface area contributed by atoms with E-state index in [1.54, 1.807) is 6.07 Å². The Balaban J connectivity index is 2.49. The molecule has 0 atom stereocenters. The molecule has 2 rings (SSSR count). The molecule has 0 spiro atoms. The Morgan fingerprint density at radius 3 is 2.71 bits per heavy atom. The standard InChI is InChI=1S/C12H11NO4/c1-15-10-7-8-5-3-4-6-9(8)13-11(10)17-12(14)16-2/h3-7H,1-2H3. The van der Waals surface area contributed by atoms with Crippen molar-refractivity contribution in [2.45, 2.75) is 0 Å². The molecule has 0 saturated heterocycles. The fourth-order valence-electron chi connectivity index (χ4n) is 1.42. The lowest BCUT2D eigenvalue weighted by atomic mass is 10.2. The molecule has 5 nitrogen and oxygen atoms in total. The van der Waals surface area contributed by atoms with Crippen LogP contribution in [0, 0.1) is 0 Å². The largest absolute Gasteiger partial charge is 0.515 e. The number of pyridine rings is 1. The molecule has 1 aromatic heterocycles. The van der Waals surface area contributed by atoms with Gasteiger partial charge in [0.25, 0.3) is 5.88 Å². The van der Waals surface area contributed by atoms with Gasteiger partial charge in [-0.15, -0.1) is 0 Å². The lowest BCUT2D eigenvalue weighted by Gasteiger charge is -2.08. The van der Waals surface area contributed by atoms with Crippen LogP contribution in [0.1, 0.15) is 0 Å². The predicted molar refractivity (Wildman–Crippen MR) is 61.3 cm³/mol. The average molecular weight is 233 g/mol. The summed E-state index contributed by atoms with van der Waals surface area (Å²) in [6.45, 7) is 0. The Kier molecular flexibility index (Phi) is 3.09. The third-order valence-corrected chi connectivity index (χ3v) is 2.22. The molecule has 0 aliphatic rings. The summed E-state index contributed by atoms with van der Waals surface area (Å²) in [6.07, 6.45) is -0.828. The van der Waals surface area contributed by atoms with Crippen LogP contribution in [0.5, 0.6) is 11.6 Å². The first-order valence-corrected chi connectivity index (χ1v) is 4.94. The normalized spacial score (nSPS) is 10.0. The van der Waals surface area contributed by atoms with Crippen molar-refractivity contribution in [1.82, 2.24) is 4.98 Å². The molecule has 0 unspecified atom stereocenters. The van der Waals surface area contributed by atoms with E-state index >= 15 is 0 Å². The van der Waals surface area contributed by atoms with Crippen molar-refractivity contribution in [2.75, 3.05) is 14.2 Å². The topological polar surface area (TPSA) is 57.7 Å². The highest BCUT2D eigenvalue weighted by atomic mass is 16.7. The van der Waals surface area contributed by atoms with Crippen LogP contribution in [0.3, 0.4) is 0 Å². The monoisotopic (exact) mass is 233 g/mol. The van der Waals surface area contributed by atoms with Gasteiger partial charge in [-0.3, -0.25) is 0 Å². The number of para-hydroxylation sites is 1. The summed E-state index contributed by atoms with van der Waals surface area (Å²) in [5.41, 5.74) is 0.715. The van der Waals surface area contributed by atoms with Gasteiger partial charge >= 0.3 is 6.16 Å². The molecule has 88 valence electrons. The van der Waals surface area contributed by atoms with Gasteiger partial charge < -0.3 is 14.2 Å². The van der Waals surface area contributed by atoms with Crippen molar-refractivity contribution in [3.05, 3.63) is 30.3 Å². The van der Waals surface area contributed by atoms with Gasteiger partial charge in [0.2, 0.25) is 0 Å². The van der Waals surface area contributed by atoms with Crippen LogP contribution in [0.15, 0.2) is 30.3 Å². The van der Waals surface area contributed by atoms with Gasteiger partial charge in [0.15, 0.2) is 5.75 Å². The number of methoxy groups -OCH3 is 2. The van der Waals surface area contributed by atoms with Crippen molar-refractivity contribution in [2.24, 2.45) is 0 Å². The van der Waals surface area contributed by atoms with E-state index in [0.717, 1.165) is 5.39 Å². The first-order valence-electron chi connectivity index (χ1n) is 4.94. The number of fused-ring (bicyclic) bond motifs is 1. The Morgan fingerprint density at radius 2 is 2.00 bits per heavy atom. The minimum absolute atomic E-state index is 0.0954. The summed E-state index contributed by atoms with van der Waals surface area (Å²) in [4.78, 5) is 15.2. The molecule has 0 radical (unpaired) electrons. The molecule has 0 aliphatic heterocycles. The smallest absolute Gasteiger partial charge is 0.491 e. The third-order valence-electron chi connectivity index (χ3n) is 2.22. The van der Waals surface area contributed by atoms with Gasteiger partial charge in [0.1, 0.15) is 0 Å². The van der Waals surface area contributed by atoms with Crippen molar-refractivity contribution in [3.63, 3.8) is 0 Å². The molecule has 17 heavy (non-hydrogen) atoms. The first-order chi connectivity index (χ1) is 8.24. The summed E-state index contributed by atoms with van der Waals surface area (Å²) in [5, 5.41) is 0.904. The minimum Gasteiger partial charge on any atom is -0.491 e. The van der Waals surface area contributed by atoms with E-state index in [9.17, 15) is 4.79 Å². The van der Waals surface area contributed by atoms with Crippen molar-refractivity contribution >= 4 is 17.1 Å². The lowest BCUT2D eigenvalue weighted by Crippen LogP contribution is -2.09. The molecule has 1 heterocycles. The number of carbonyl (C=O) groups excluding carboxylic acids is 1. The molecule has 0 N–H and O–H groups in total. The number of nitrogens with zero attached hydrogens (tertiary/aromatic N) is 1. The van der Waals surface area contributed by atoms with E-state index in [0.29, 0.717) is 11.3 Å². The van der Waals surface area contributed by atoms with Crippen LogP contribution in [0.4, 0.5) is 4.79 Å². The molecule has 0 bridgehead atoms. The zero-order chi connectivity index (χ0) is 12.3. The Morgan fingerprint density at radius 1 is 1.24 bits per heavy atom. The second kappa shape index (κ2) is 4.69. The van der Waals surface area contributed by atoms with Crippen LogP contribution < -0.4 is 9.47 Å². The molecular formula is C12H11NO4. The summed E-state index contributed by atoms with van der Waals surface area (Å²) >= 11 is 0. The molecule has 0 amide bonds. The van der Waals surface area contributed by atoms with Gasteiger partial charge in [-0.05, 0) is 12.1 Å².